The van der Waals surface area contributed by atoms with E-state index in [0.29, 0.717) is 0 Å². The smallest absolute Gasteiger partial charge is 0.104 e. The van der Waals surface area contributed by atoms with Gasteiger partial charge < -0.3 is 5.11 Å². The van der Waals surface area contributed by atoms with Crippen molar-refractivity contribution in [2.45, 2.75) is 27.0 Å². The molecule has 0 amide bonds. The van der Waals surface area contributed by atoms with Gasteiger partial charge in [-0.3, -0.25) is 4.90 Å². The maximum absolute atomic E-state index is 8.94. The first-order chi connectivity index (χ1) is 3.72. The van der Waals surface area contributed by atoms with E-state index in [0.717, 1.165) is 13.1 Å². The van der Waals surface area contributed by atoms with E-state index < -0.39 is 0 Å². The Hall–Kier alpha value is -0.0800. The maximum Gasteiger partial charge on any atom is 0.104 e. The van der Waals surface area contributed by atoms with E-state index in [1.54, 1.807) is 6.92 Å². The molecular weight excluding hydrogens is 102 g/mol. The molecule has 0 aliphatic rings. The highest BCUT2D eigenvalue weighted by molar-refractivity contribution is 4.49. The summed E-state index contributed by atoms with van der Waals surface area (Å²) in [5.41, 5.74) is 0. The third kappa shape index (κ3) is 2.28. The Morgan fingerprint density at radius 3 is 1.75 bits per heavy atom. The third-order valence-electron chi connectivity index (χ3n) is 1.34. The maximum atomic E-state index is 8.94. The van der Waals surface area contributed by atoms with E-state index in [4.69, 9.17) is 5.11 Å². The molecule has 50 valence electrons. The van der Waals surface area contributed by atoms with Crippen molar-refractivity contribution >= 4 is 0 Å². The van der Waals surface area contributed by atoms with Gasteiger partial charge in [-0.25, -0.2) is 0 Å². The average Bonchev–Trinajstić information content (AvgIpc) is 1.69. The van der Waals surface area contributed by atoms with Crippen molar-refractivity contribution in [2.75, 3.05) is 13.1 Å². The van der Waals surface area contributed by atoms with E-state index in [1.165, 1.54) is 0 Å². The number of aliphatic hydroxyl groups is 1. The molecule has 0 saturated heterocycles. The van der Waals surface area contributed by atoms with Crippen LogP contribution in [0.25, 0.3) is 0 Å². The quantitative estimate of drug-likeness (QED) is 0.549. The Balaban J connectivity index is 3.35. The molecule has 0 aliphatic heterocycles. The fourth-order valence-corrected chi connectivity index (χ4v) is 0.752. The van der Waals surface area contributed by atoms with Gasteiger partial charge in [0.05, 0.1) is 0 Å². The highest BCUT2D eigenvalue weighted by Gasteiger charge is 2.02. The zero-order valence-corrected chi connectivity index (χ0v) is 5.89. The molecule has 1 atom stereocenters. The van der Waals surface area contributed by atoms with Crippen LogP contribution in [0.4, 0.5) is 0 Å². The van der Waals surface area contributed by atoms with Gasteiger partial charge in [0.1, 0.15) is 6.23 Å². The van der Waals surface area contributed by atoms with Crippen molar-refractivity contribution < 1.29 is 5.11 Å². The Kier molecular flexibility index (Phi) is 3.83. The summed E-state index contributed by atoms with van der Waals surface area (Å²) in [6.45, 7) is 7.71. The highest BCUT2D eigenvalue weighted by atomic mass is 16.3. The van der Waals surface area contributed by atoms with Crippen LogP contribution in [-0.2, 0) is 0 Å². The van der Waals surface area contributed by atoms with Crippen molar-refractivity contribution in [1.82, 2.24) is 4.90 Å². The van der Waals surface area contributed by atoms with Gasteiger partial charge in [0, 0.05) is 0 Å². The number of hydrogen-bond donors (Lipinski definition) is 1. The number of rotatable bonds is 3. The summed E-state index contributed by atoms with van der Waals surface area (Å²) in [5, 5.41) is 8.94. The fourth-order valence-electron chi connectivity index (χ4n) is 0.752. The number of hydrogen-bond acceptors (Lipinski definition) is 2. The van der Waals surface area contributed by atoms with Gasteiger partial charge in [-0.05, 0) is 20.0 Å². The largest absolute Gasteiger partial charge is 0.379 e. The lowest BCUT2D eigenvalue weighted by Gasteiger charge is -2.20. The SMILES string of the molecule is CCN(CC)[C@H](C)O. The molecule has 0 aromatic carbocycles. The van der Waals surface area contributed by atoms with Crippen LogP contribution in [0.2, 0.25) is 0 Å². The lowest BCUT2D eigenvalue weighted by molar-refractivity contribution is 0.0265. The van der Waals surface area contributed by atoms with Gasteiger partial charge in [0.25, 0.3) is 0 Å². The first kappa shape index (κ1) is 7.92. The van der Waals surface area contributed by atoms with Gasteiger partial charge in [-0.2, -0.15) is 0 Å². The standard InChI is InChI=1S/C6H15NO/c1-4-7(5-2)6(3)8/h6,8H,4-5H2,1-3H3/t6-/m0/s1. The summed E-state index contributed by atoms with van der Waals surface area (Å²) in [6.07, 6.45) is -0.287. The van der Waals surface area contributed by atoms with E-state index in [2.05, 4.69) is 0 Å². The van der Waals surface area contributed by atoms with Gasteiger partial charge in [0.15, 0.2) is 0 Å². The minimum absolute atomic E-state index is 0.287. The van der Waals surface area contributed by atoms with E-state index in [1.807, 2.05) is 18.7 Å². The van der Waals surface area contributed by atoms with Crippen molar-refractivity contribution in [2.24, 2.45) is 0 Å². The second-order valence-electron chi connectivity index (χ2n) is 1.85. The molecule has 0 radical (unpaired) electrons. The van der Waals surface area contributed by atoms with Crippen molar-refractivity contribution in [3.05, 3.63) is 0 Å². The zero-order valence-electron chi connectivity index (χ0n) is 5.89. The highest BCUT2D eigenvalue weighted by Crippen LogP contribution is 1.91. The summed E-state index contributed by atoms with van der Waals surface area (Å²) in [7, 11) is 0. The van der Waals surface area contributed by atoms with Crippen molar-refractivity contribution in [1.29, 1.82) is 0 Å². The number of nitrogens with zero attached hydrogens (tertiary/aromatic N) is 1. The van der Waals surface area contributed by atoms with Crippen molar-refractivity contribution in [3.63, 3.8) is 0 Å². The van der Waals surface area contributed by atoms with E-state index in [9.17, 15) is 0 Å². The molecule has 1 N–H and O–H groups in total. The molecule has 0 bridgehead atoms. The summed E-state index contributed by atoms with van der Waals surface area (Å²) >= 11 is 0. The topological polar surface area (TPSA) is 23.5 Å². The summed E-state index contributed by atoms with van der Waals surface area (Å²) < 4.78 is 0. The molecule has 0 fully saturated rings. The minimum Gasteiger partial charge on any atom is -0.379 e. The van der Waals surface area contributed by atoms with Crippen LogP contribution in [-0.4, -0.2) is 29.3 Å². The van der Waals surface area contributed by atoms with E-state index >= 15 is 0 Å². The first-order valence-electron chi connectivity index (χ1n) is 3.14. The van der Waals surface area contributed by atoms with Crippen LogP contribution in [0.5, 0.6) is 0 Å². The van der Waals surface area contributed by atoms with Gasteiger partial charge in [0.2, 0.25) is 0 Å². The molecule has 0 aliphatic carbocycles. The first-order valence-corrected chi connectivity index (χ1v) is 3.14. The molecule has 0 unspecified atom stereocenters. The Morgan fingerprint density at radius 1 is 1.38 bits per heavy atom. The molecule has 0 heterocycles. The molecule has 2 heteroatoms. The second kappa shape index (κ2) is 3.87. The lowest BCUT2D eigenvalue weighted by Crippen LogP contribution is -2.32. The zero-order chi connectivity index (χ0) is 6.57. The molecule has 2 nitrogen and oxygen atoms in total. The minimum atomic E-state index is -0.287. The Bertz CT molecular complexity index is 50.5. The predicted octanol–water partition coefficient (Wildman–Crippen LogP) is 0.666. The van der Waals surface area contributed by atoms with Crippen LogP contribution >= 0.6 is 0 Å². The summed E-state index contributed by atoms with van der Waals surface area (Å²) in [5.74, 6) is 0. The predicted molar refractivity (Wildman–Crippen MR) is 34.6 cm³/mol. The van der Waals surface area contributed by atoms with Gasteiger partial charge in [-0.1, -0.05) is 13.8 Å². The summed E-state index contributed by atoms with van der Waals surface area (Å²) in [4.78, 5) is 1.97. The second-order valence-corrected chi connectivity index (χ2v) is 1.85. The lowest BCUT2D eigenvalue weighted by atomic mass is 10.5. The monoisotopic (exact) mass is 117 g/mol. The van der Waals surface area contributed by atoms with Crippen LogP contribution in [0, 0.1) is 0 Å². The van der Waals surface area contributed by atoms with Crippen LogP contribution < -0.4 is 0 Å². The number of aliphatic hydroxyl groups excluding tert-OH is 1. The average molecular weight is 117 g/mol. The molecule has 0 aromatic rings. The Morgan fingerprint density at radius 2 is 1.75 bits per heavy atom. The summed E-state index contributed by atoms with van der Waals surface area (Å²) in [6, 6.07) is 0. The molecule has 0 aromatic heterocycles. The van der Waals surface area contributed by atoms with Gasteiger partial charge in [-0.15, -0.1) is 0 Å². The third-order valence-corrected chi connectivity index (χ3v) is 1.34. The Labute approximate surface area is 51.1 Å². The molecular formula is C6H15NO. The van der Waals surface area contributed by atoms with Crippen LogP contribution in [0.3, 0.4) is 0 Å². The van der Waals surface area contributed by atoms with Crippen molar-refractivity contribution in [3.8, 4) is 0 Å². The normalized spacial score (nSPS) is 14.6. The molecule has 0 rings (SSSR count). The molecule has 0 saturated carbocycles. The van der Waals surface area contributed by atoms with E-state index in [-0.39, 0.29) is 6.23 Å². The van der Waals surface area contributed by atoms with Gasteiger partial charge >= 0.3 is 0 Å². The van der Waals surface area contributed by atoms with Crippen LogP contribution in [0.15, 0.2) is 0 Å². The molecule has 8 heavy (non-hydrogen) atoms. The molecule has 0 spiro atoms. The van der Waals surface area contributed by atoms with Crippen LogP contribution in [0.1, 0.15) is 20.8 Å². The fraction of sp³-hybridized carbons (Fsp3) is 1.00.